The standard InChI is InChI=1S/C13H26N2O/c1-9-10(2)16-11(3)13(9)8-14-6-7-15-12-4-5-12/h9-15H,4-8H2,1-3H3. The molecule has 3 heteroatoms. The minimum absolute atomic E-state index is 0.411. The maximum Gasteiger partial charge on any atom is 0.0594 e. The lowest BCUT2D eigenvalue weighted by atomic mass is 9.89. The summed E-state index contributed by atoms with van der Waals surface area (Å²) in [5.74, 6) is 1.36. The summed E-state index contributed by atoms with van der Waals surface area (Å²) < 4.78 is 5.84. The van der Waals surface area contributed by atoms with Crippen LogP contribution in [0.15, 0.2) is 0 Å². The van der Waals surface area contributed by atoms with E-state index in [0.29, 0.717) is 24.0 Å². The molecule has 0 amide bonds. The molecule has 2 N–H and O–H groups in total. The van der Waals surface area contributed by atoms with E-state index in [0.717, 1.165) is 25.7 Å². The average Bonchev–Trinajstić information content (AvgIpc) is 3.02. The van der Waals surface area contributed by atoms with Crippen molar-refractivity contribution < 1.29 is 4.74 Å². The van der Waals surface area contributed by atoms with Crippen LogP contribution in [-0.2, 0) is 4.74 Å². The second kappa shape index (κ2) is 5.48. The molecule has 3 nitrogen and oxygen atoms in total. The maximum atomic E-state index is 5.84. The van der Waals surface area contributed by atoms with E-state index in [4.69, 9.17) is 4.74 Å². The Balaban J connectivity index is 1.57. The number of hydrogen-bond acceptors (Lipinski definition) is 3. The molecular formula is C13H26N2O. The molecule has 1 saturated carbocycles. The minimum Gasteiger partial charge on any atom is -0.375 e. The van der Waals surface area contributed by atoms with Gasteiger partial charge in [-0.2, -0.15) is 0 Å². The number of hydrogen-bond donors (Lipinski definition) is 2. The predicted octanol–water partition coefficient (Wildman–Crippen LogP) is 1.39. The van der Waals surface area contributed by atoms with Crippen molar-refractivity contribution in [3.63, 3.8) is 0 Å². The summed E-state index contributed by atoms with van der Waals surface area (Å²) in [4.78, 5) is 0. The quantitative estimate of drug-likeness (QED) is 0.672. The zero-order valence-electron chi connectivity index (χ0n) is 10.8. The second-order valence-electron chi connectivity index (χ2n) is 5.50. The van der Waals surface area contributed by atoms with Crippen molar-refractivity contribution >= 4 is 0 Å². The third kappa shape index (κ3) is 3.19. The lowest BCUT2D eigenvalue weighted by molar-refractivity contribution is 0.0512. The van der Waals surface area contributed by atoms with Crippen LogP contribution in [-0.4, -0.2) is 37.9 Å². The normalized spacial score (nSPS) is 39.2. The van der Waals surface area contributed by atoms with Crippen molar-refractivity contribution in [2.24, 2.45) is 11.8 Å². The lowest BCUT2D eigenvalue weighted by Crippen LogP contribution is -2.35. The highest BCUT2D eigenvalue weighted by atomic mass is 16.5. The summed E-state index contributed by atoms with van der Waals surface area (Å²) in [6.45, 7) is 9.99. The average molecular weight is 226 g/mol. The first kappa shape index (κ1) is 12.3. The smallest absolute Gasteiger partial charge is 0.0594 e. The summed E-state index contributed by atoms with van der Waals surface area (Å²) in [6.07, 6.45) is 3.59. The zero-order chi connectivity index (χ0) is 11.5. The topological polar surface area (TPSA) is 33.3 Å². The highest BCUT2D eigenvalue weighted by Crippen LogP contribution is 2.31. The van der Waals surface area contributed by atoms with Gasteiger partial charge < -0.3 is 15.4 Å². The van der Waals surface area contributed by atoms with Gasteiger partial charge in [-0.15, -0.1) is 0 Å². The Bertz CT molecular complexity index is 218. The summed E-state index contributed by atoms with van der Waals surface area (Å²) in [5, 5.41) is 7.07. The van der Waals surface area contributed by atoms with Gasteiger partial charge in [-0.1, -0.05) is 6.92 Å². The second-order valence-corrected chi connectivity index (χ2v) is 5.50. The fourth-order valence-corrected chi connectivity index (χ4v) is 2.61. The fraction of sp³-hybridized carbons (Fsp3) is 1.00. The third-order valence-electron chi connectivity index (χ3n) is 4.14. The summed E-state index contributed by atoms with van der Waals surface area (Å²) in [6, 6.07) is 0.828. The van der Waals surface area contributed by atoms with Crippen molar-refractivity contribution in [1.29, 1.82) is 0 Å². The van der Waals surface area contributed by atoms with E-state index in [1.54, 1.807) is 0 Å². The van der Waals surface area contributed by atoms with E-state index in [1.807, 2.05) is 0 Å². The first-order chi connectivity index (χ1) is 7.68. The van der Waals surface area contributed by atoms with Gasteiger partial charge in [-0.05, 0) is 32.6 Å². The molecule has 1 heterocycles. The lowest BCUT2D eigenvalue weighted by Gasteiger charge is -2.19. The summed E-state index contributed by atoms with van der Waals surface area (Å²) in [7, 11) is 0. The molecule has 94 valence electrons. The molecule has 0 bridgehead atoms. The van der Waals surface area contributed by atoms with Gasteiger partial charge in [0.25, 0.3) is 0 Å². The van der Waals surface area contributed by atoms with Gasteiger partial charge in [0, 0.05) is 31.6 Å². The molecule has 2 rings (SSSR count). The van der Waals surface area contributed by atoms with E-state index in [9.17, 15) is 0 Å². The Morgan fingerprint density at radius 1 is 1.06 bits per heavy atom. The highest BCUT2D eigenvalue weighted by Gasteiger charge is 2.36. The van der Waals surface area contributed by atoms with E-state index in [-0.39, 0.29) is 0 Å². The van der Waals surface area contributed by atoms with Gasteiger partial charge in [-0.25, -0.2) is 0 Å². The summed E-state index contributed by atoms with van der Waals surface area (Å²) in [5.41, 5.74) is 0. The minimum atomic E-state index is 0.411. The van der Waals surface area contributed by atoms with Crippen LogP contribution >= 0.6 is 0 Å². The molecule has 0 aromatic heterocycles. The number of ether oxygens (including phenoxy) is 1. The van der Waals surface area contributed by atoms with Crippen molar-refractivity contribution in [1.82, 2.24) is 10.6 Å². The Hall–Kier alpha value is -0.120. The Kier molecular flexibility index (Phi) is 4.22. The molecule has 2 aliphatic rings. The van der Waals surface area contributed by atoms with E-state index in [2.05, 4.69) is 31.4 Å². The molecule has 4 unspecified atom stereocenters. The van der Waals surface area contributed by atoms with Gasteiger partial charge in [0.05, 0.1) is 12.2 Å². The monoisotopic (exact) mass is 226 g/mol. The van der Waals surface area contributed by atoms with Crippen LogP contribution in [0.2, 0.25) is 0 Å². The SMILES string of the molecule is CC1OC(C)C(CNCCNC2CC2)C1C. The molecule has 0 spiro atoms. The molecular weight excluding hydrogens is 200 g/mol. The van der Waals surface area contributed by atoms with Gasteiger partial charge >= 0.3 is 0 Å². The zero-order valence-corrected chi connectivity index (χ0v) is 10.8. The molecule has 1 saturated heterocycles. The molecule has 4 atom stereocenters. The predicted molar refractivity (Wildman–Crippen MR) is 66.6 cm³/mol. The van der Waals surface area contributed by atoms with Crippen LogP contribution in [0.5, 0.6) is 0 Å². The molecule has 2 fully saturated rings. The number of rotatable bonds is 6. The van der Waals surface area contributed by atoms with Crippen LogP contribution in [0.1, 0.15) is 33.6 Å². The van der Waals surface area contributed by atoms with Crippen molar-refractivity contribution in [3.05, 3.63) is 0 Å². The molecule has 0 aromatic carbocycles. The van der Waals surface area contributed by atoms with Crippen LogP contribution in [0.4, 0.5) is 0 Å². The largest absolute Gasteiger partial charge is 0.375 e. The maximum absolute atomic E-state index is 5.84. The van der Waals surface area contributed by atoms with E-state index < -0.39 is 0 Å². The molecule has 0 radical (unpaired) electrons. The Labute approximate surface area is 99.3 Å². The molecule has 16 heavy (non-hydrogen) atoms. The van der Waals surface area contributed by atoms with Crippen molar-refractivity contribution in [3.8, 4) is 0 Å². The van der Waals surface area contributed by atoms with Crippen LogP contribution in [0.3, 0.4) is 0 Å². The first-order valence-electron chi connectivity index (χ1n) is 6.78. The fourth-order valence-electron chi connectivity index (χ4n) is 2.61. The van der Waals surface area contributed by atoms with E-state index in [1.165, 1.54) is 12.8 Å². The van der Waals surface area contributed by atoms with Gasteiger partial charge in [0.1, 0.15) is 0 Å². The third-order valence-corrected chi connectivity index (χ3v) is 4.14. The molecule has 1 aliphatic carbocycles. The van der Waals surface area contributed by atoms with Gasteiger partial charge in [0.15, 0.2) is 0 Å². The van der Waals surface area contributed by atoms with Crippen LogP contribution < -0.4 is 10.6 Å². The molecule has 1 aliphatic heterocycles. The Morgan fingerprint density at radius 2 is 1.81 bits per heavy atom. The van der Waals surface area contributed by atoms with Crippen molar-refractivity contribution in [2.45, 2.75) is 51.9 Å². The Morgan fingerprint density at radius 3 is 2.38 bits per heavy atom. The van der Waals surface area contributed by atoms with Crippen LogP contribution in [0, 0.1) is 11.8 Å². The molecule has 0 aromatic rings. The van der Waals surface area contributed by atoms with E-state index >= 15 is 0 Å². The summed E-state index contributed by atoms with van der Waals surface area (Å²) >= 11 is 0. The highest BCUT2D eigenvalue weighted by molar-refractivity contribution is 4.85. The first-order valence-corrected chi connectivity index (χ1v) is 6.78. The number of nitrogens with one attached hydrogen (secondary N) is 2. The van der Waals surface area contributed by atoms with Gasteiger partial charge in [0.2, 0.25) is 0 Å². The van der Waals surface area contributed by atoms with Crippen molar-refractivity contribution in [2.75, 3.05) is 19.6 Å². The van der Waals surface area contributed by atoms with Crippen LogP contribution in [0.25, 0.3) is 0 Å². The van der Waals surface area contributed by atoms with Gasteiger partial charge in [-0.3, -0.25) is 0 Å².